The topological polar surface area (TPSA) is 40.0 Å². The Kier molecular flexibility index (Phi) is 4.39. The minimum atomic E-state index is 0.942. The third-order valence-electron chi connectivity index (χ3n) is 8.96. The number of pyridine rings is 2. The van der Waals surface area contributed by atoms with Crippen molar-refractivity contribution < 1.29 is 0 Å². The van der Waals surface area contributed by atoms with Gasteiger partial charge in [-0.15, -0.1) is 0 Å². The van der Waals surface area contributed by atoms with E-state index in [9.17, 15) is 0 Å². The van der Waals surface area contributed by atoms with Crippen LogP contribution in [0.5, 0.6) is 0 Å². The molecule has 0 fully saturated rings. The van der Waals surface area contributed by atoms with Crippen molar-refractivity contribution in [2.75, 3.05) is 0 Å². The summed E-state index contributed by atoms with van der Waals surface area (Å²) >= 11 is 0. The maximum absolute atomic E-state index is 4.83. The minimum Gasteiger partial charge on any atom is -0.309 e. The number of rotatable bonds is 2. The van der Waals surface area contributed by atoms with Crippen molar-refractivity contribution in [3.05, 3.63) is 140 Å². The quantitative estimate of drug-likeness (QED) is 0.202. The van der Waals surface area contributed by atoms with Crippen LogP contribution in [0.2, 0.25) is 0 Å². The second kappa shape index (κ2) is 8.30. The summed E-state index contributed by atoms with van der Waals surface area (Å²) in [4.78, 5) is 9.28. The molecule has 0 aliphatic heterocycles. The Morgan fingerprint density at radius 2 is 1.12 bits per heavy atom. The van der Waals surface area contributed by atoms with Gasteiger partial charge in [0.2, 0.25) is 0 Å². The molecule has 0 spiro atoms. The van der Waals surface area contributed by atoms with Gasteiger partial charge in [-0.2, -0.15) is 0 Å². The number of para-hydroxylation sites is 3. The molecule has 0 atom stereocenters. The standard InChI is InChI=1S/C38H23N5/c1-3-9-24(10-4-1)42-31-14-8-7-13-27(31)36-32(42)15-16-33-37(36)30-21-29-28(22-34(30)43(33)25-11-5-2-6-12-25)26-17-18-39-23-35(26)41-20-19-40-38(29)41/h1-23H. The molecule has 5 aromatic heterocycles. The summed E-state index contributed by atoms with van der Waals surface area (Å²) in [5, 5.41) is 8.44. The molecule has 0 saturated carbocycles. The van der Waals surface area contributed by atoms with Crippen molar-refractivity contribution in [1.82, 2.24) is 23.5 Å². The summed E-state index contributed by atoms with van der Waals surface area (Å²) in [6.07, 6.45) is 7.72. The van der Waals surface area contributed by atoms with Crippen LogP contribution in [0.25, 0.3) is 82.3 Å². The van der Waals surface area contributed by atoms with E-state index in [1.807, 2.05) is 24.8 Å². The van der Waals surface area contributed by atoms with Crippen LogP contribution in [0.15, 0.2) is 140 Å². The largest absolute Gasteiger partial charge is 0.309 e. The molecular formula is C38H23N5. The van der Waals surface area contributed by atoms with Gasteiger partial charge in [-0.3, -0.25) is 9.38 Å². The van der Waals surface area contributed by atoms with Gasteiger partial charge in [0.05, 0.1) is 33.8 Å². The van der Waals surface area contributed by atoms with Crippen molar-refractivity contribution in [3.63, 3.8) is 0 Å². The van der Waals surface area contributed by atoms with Crippen molar-refractivity contribution in [2.45, 2.75) is 0 Å². The first kappa shape index (κ1) is 22.7. The van der Waals surface area contributed by atoms with E-state index in [1.54, 1.807) is 0 Å². The third kappa shape index (κ3) is 2.95. The molecule has 43 heavy (non-hydrogen) atoms. The van der Waals surface area contributed by atoms with Gasteiger partial charge in [-0.1, -0.05) is 54.6 Å². The zero-order valence-corrected chi connectivity index (χ0v) is 23.0. The Bertz CT molecular complexity index is 2710. The van der Waals surface area contributed by atoms with E-state index in [-0.39, 0.29) is 0 Å². The normalized spacial score (nSPS) is 12.2. The first-order valence-corrected chi connectivity index (χ1v) is 14.5. The number of fused-ring (bicyclic) bond motifs is 13. The van der Waals surface area contributed by atoms with Gasteiger partial charge in [0.25, 0.3) is 0 Å². The molecule has 0 bridgehead atoms. The number of nitrogens with zero attached hydrogens (tertiary/aromatic N) is 5. The maximum Gasteiger partial charge on any atom is 0.145 e. The minimum absolute atomic E-state index is 0.942. The van der Waals surface area contributed by atoms with Gasteiger partial charge < -0.3 is 9.13 Å². The second-order valence-electron chi connectivity index (χ2n) is 11.1. The Morgan fingerprint density at radius 1 is 0.442 bits per heavy atom. The highest BCUT2D eigenvalue weighted by Crippen LogP contribution is 2.44. The fourth-order valence-corrected chi connectivity index (χ4v) is 7.23. The number of imidazole rings is 1. The van der Waals surface area contributed by atoms with E-state index >= 15 is 0 Å². The Morgan fingerprint density at radius 3 is 1.88 bits per heavy atom. The molecule has 5 aromatic carbocycles. The van der Waals surface area contributed by atoms with E-state index in [2.05, 4.69) is 134 Å². The van der Waals surface area contributed by atoms with E-state index in [4.69, 9.17) is 4.98 Å². The molecule has 0 amide bonds. The molecule has 0 N–H and O–H groups in total. The second-order valence-corrected chi connectivity index (χ2v) is 11.1. The molecule has 10 rings (SSSR count). The molecular weight excluding hydrogens is 526 g/mol. The van der Waals surface area contributed by atoms with Gasteiger partial charge in [-0.25, -0.2) is 4.98 Å². The lowest BCUT2D eigenvalue weighted by Gasteiger charge is -2.11. The van der Waals surface area contributed by atoms with Crippen LogP contribution in [0.4, 0.5) is 0 Å². The monoisotopic (exact) mass is 549 g/mol. The number of hydrogen-bond donors (Lipinski definition) is 0. The van der Waals surface area contributed by atoms with Crippen molar-refractivity contribution in [1.29, 1.82) is 0 Å². The van der Waals surface area contributed by atoms with E-state index in [0.717, 1.165) is 33.3 Å². The average molecular weight is 550 g/mol. The highest BCUT2D eigenvalue weighted by molar-refractivity contribution is 6.31. The molecule has 0 aliphatic carbocycles. The van der Waals surface area contributed by atoms with Crippen molar-refractivity contribution >= 4 is 70.9 Å². The molecule has 0 radical (unpaired) electrons. The predicted molar refractivity (Wildman–Crippen MR) is 177 cm³/mol. The van der Waals surface area contributed by atoms with Crippen LogP contribution >= 0.6 is 0 Å². The van der Waals surface area contributed by atoms with Crippen LogP contribution in [0.3, 0.4) is 0 Å². The van der Waals surface area contributed by atoms with Crippen LogP contribution < -0.4 is 0 Å². The summed E-state index contributed by atoms with van der Waals surface area (Å²) in [6.45, 7) is 0. The maximum atomic E-state index is 4.83. The molecule has 5 heterocycles. The van der Waals surface area contributed by atoms with E-state index in [1.165, 1.54) is 49.0 Å². The number of benzene rings is 5. The summed E-state index contributed by atoms with van der Waals surface area (Å²) in [7, 11) is 0. The summed E-state index contributed by atoms with van der Waals surface area (Å²) in [5.41, 5.74) is 9.05. The van der Waals surface area contributed by atoms with Crippen LogP contribution in [-0.4, -0.2) is 23.5 Å². The van der Waals surface area contributed by atoms with Gasteiger partial charge >= 0.3 is 0 Å². The lowest BCUT2D eigenvalue weighted by Crippen LogP contribution is -1.95. The molecule has 0 aliphatic rings. The van der Waals surface area contributed by atoms with Crippen LogP contribution in [0, 0.1) is 0 Å². The lowest BCUT2D eigenvalue weighted by molar-refractivity contribution is 1.17. The van der Waals surface area contributed by atoms with E-state index < -0.39 is 0 Å². The summed E-state index contributed by atoms with van der Waals surface area (Å²) in [5.74, 6) is 0. The fraction of sp³-hybridized carbons (Fsp3) is 0. The van der Waals surface area contributed by atoms with Crippen LogP contribution in [0.1, 0.15) is 0 Å². The fourth-order valence-electron chi connectivity index (χ4n) is 7.23. The summed E-state index contributed by atoms with van der Waals surface area (Å²) in [6, 6.07) is 41.5. The predicted octanol–water partition coefficient (Wildman–Crippen LogP) is 9.23. The van der Waals surface area contributed by atoms with E-state index in [0.29, 0.717) is 0 Å². The number of hydrogen-bond acceptors (Lipinski definition) is 2. The first-order valence-electron chi connectivity index (χ1n) is 14.5. The third-order valence-corrected chi connectivity index (χ3v) is 8.96. The number of aromatic nitrogens is 5. The van der Waals surface area contributed by atoms with Gasteiger partial charge in [0.15, 0.2) is 0 Å². The van der Waals surface area contributed by atoms with Crippen molar-refractivity contribution in [3.8, 4) is 11.4 Å². The zero-order valence-electron chi connectivity index (χ0n) is 23.0. The van der Waals surface area contributed by atoms with Gasteiger partial charge in [0, 0.05) is 62.3 Å². The van der Waals surface area contributed by atoms with Gasteiger partial charge in [0.1, 0.15) is 5.65 Å². The lowest BCUT2D eigenvalue weighted by atomic mass is 10.0. The van der Waals surface area contributed by atoms with Crippen LogP contribution in [-0.2, 0) is 0 Å². The highest BCUT2D eigenvalue weighted by atomic mass is 15.0. The van der Waals surface area contributed by atoms with Gasteiger partial charge in [-0.05, 0) is 66.0 Å². The molecule has 5 heteroatoms. The van der Waals surface area contributed by atoms with Crippen molar-refractivity contribution in [2.24, 2.45) is 0 Å². The summed E-state index contributed by atoms with van der Waals surface area (Å²) < 4.78 is 6.97. The SMILES string of the molecule is c1ccc(-n2c3ccccc3c3c4c5cc6c(cc5n(-c5ccccc5)c4ccc32)c2ccncc2n2ccnc62)cc1. The Hall–Kier alpha value is -5.94. The molecule has 10 aromatic rings. The first-order chi connectivity index (χ1) is 21.4. The molecule has 0 unspecified atom stereocenters. The Balaban J connectivity index is 1.49. The zero-order chi connectivity index (χ0) is 28.1. The highest BCUT2D eigenvalue weighted by Gasteiger charge is 2.22. The molecule has 200 valence electrons. The average Bonchev–Trinajstić information content (AvgIpc) is 3.78. The Labute approximate surface area is 245 Å². The molecule has 0 saturated heterocycles. The molecule has 5 nitrogen and oxygen atoms in total. The smallest absolute Gasteiger partial charge is 0.145 e.